The second kappa shape index (κ2) is 3.29. The molecule has 0 unspecified atom stereocenters. The van der Waals surface area contributed by atoms with Crippen LogP contribution in [0.25, 0.3) is 0 Å². The molecule has 0 amide bonds. The molecule has 1 aromatic rings. The van der Waals surface area contributed by atoms with E-state index in [9.17, 15) is 10.1 Å². The first kappa shape index (κ1) is 8.99. The van der Waals surface area contributed by atoms with Gasteiger partial charge in [-0.3, -0.25) is 10.1 Å². The zero-order valence-corrected chi connectivity index (χ0v) is 7.68. The molecule has 0 spiro atoms. The molecule has 0 aliphatic heterocycles. The molecule has 4 heteroatoms. The minimum atomic E-state index is -0.561. The molecule has 1 heterocycles. The van der Waals surface area contributed by atoms with Crippen LogP contribution >= 0.6 is 0 Å². The molecule has 0 aromatic carbocycles. The van der Waals surface area contributed by atoms with Crippen molar-refractivity contribution in [3.05, 3.63) is 46.4 Å². The van der Waals surface area contributed by atoms with Crippen LogP contribution in [0.3, 0.4) is 0 Å². The summed E-state index contributed by atoms with van der Waals surface area (Å²) in [6, 6.07) is 2.99. The zero-order valence-electron chi connectivity index (χ0n) is 7.68. The average molecular weight is 193 g/mol. The van der Waals surface area contributed by atoms with Crippen LogP contribution in [-0.2, 0) is 0 Å². The summed E-state index contributed by atoms with van der Waals surface area (Å²) in [7, 11) is 0. The second-order valence-electron chi connectivity index (χ2n) is 3.63. The normalized spacial score (nSPS) is 26.7. The van der Waals surface area contributed by atoms with Crippen LogP contribution in [0.4, 0.5) is 0 Å². The summed E-state index contributed by atoms with van der Waals surface area (Å²) in [5.74, 6) is 0.567. The summed E-state index contributed by atoms with van der Waals surface area (Å²) in [6.45, 7) is 3.80. The molecule has 1 fully saturated rings. The molecule has 1 aliphatic rings. The first-order chi connectivity index (χ1) is 6.68. The lowest BCUT2D eigenvalue weighted by atomic mass is 10.0. The van der Waals surface area contributed by atoms with Crippen molar-refractivity contribution in [2.24, 2.45) is 0 Å². The van der Waals surface area contributed by atoms with Gasteiger partial charge in [0.1, 0.15) is 5.76 Å². The Bertz CT molecular complexity index is 355. The van der Waals surface area contributed by atoms with E-state index in [1.54, 1.807) is 18.4 Å². The molecule has 4 nitrogen and oxygen atoms in total. The highest BCUT2D eigenvalue weighted by Gasteiger charge is 2.40. The van der Waals surface area contributed by atoms with Gasteiger partial charge in [0.2, 0.25) is 6.04 Å². The summed E-state index contributed by atoms with van der Waals surface area (Å²) >= 11 is 0. The molecule has 0 radical (unpaired) electrons. The molecular weight excluding hydrogens is 182 g/mol. The molecule has 1 saturated carbocycles. The van der Waals surface area contributed by atoms with Crippen molar-refractivity contribution < 1.29 is 9.34 Å². The Kier molecular flexibility index (Phi) is 2.11. The zero-order chi connectivity index (χ0) is 10.1. The van der Waals surface area contributed by atoms with Crippen molar-refractivity contribution >= 4 is 0 Å². The van der Waals surface area contributed by atoms with E-state index < -0.39 is 6.04 Å². The van der Waals surface area contributed by atoms with E-state index in [1.165, 1.54) is 0 Å². The number of hydrogen-bond acceptors (Lipinski definition) is 3. The third kappa shape index (κ3) is 1.43. The van der Waals surface area contributed by atoms with Gasteiger partial charge in [-0.1, -0.05) is 12.2 Å². The van der Waals surface area contributed by atoms with Crippen LogP contribution in [0.2, 0.25) is 0 Å². The number of nitro groups is 1. The molecule has 2 rings (SSSR count). The SMILES string of the molecule is C=C1C[C@H](c2ccco2)[C@@H]([N+](=O)[O-])C1. The lowest BCUT2D eigenvalue weighted by molar-refractivity contribution is -0.523. The predicted molar refractivity (Wildman–Crippen MR) is 50.6 cm³/mol. The summed E-state index contributed by atoms with van der Waals surface area (Å²) < 4.78 is 5.20. The van der Waals surface area contributed by atoms with Crippen molar-refractivity contribution in [3.63, 3.8) is 0 Å². The fourth-order valence-electron chi connectivity index (χ4n) is 1.98. The fourth-order valence-corrected chi connectivity index (χ4v) is 1.98. The highest BCUT2D eigenvalue weighted by molar-refractivity contribution is 5.19. The van der Waals surface area contributed by atoms with Crippen molar-refractivity contribution in [1.82, 2.24) is 0 Å². The van der Waals surface area contributed by atoms with Gasteiger partial charge in [-0.25, -0.2) is 0 Å². The van der Waals surface area contributed by atoms with Crippen molar-refractivity contribution in [3.8, 4) is 0 Å². The number of furan rings is 1. The molecule has 2 atom stereocenters. The average Bonchev–Trinajstić information content (AvgIpc) is 2.70. The maximum Gasteiger partial charge on any atom is 0.226 e. The Morgan fingerprint density at radius 2 is 2.36 bits per heavy atom. The maximum absolute atomic E-state index is 10.8. The van der Waals surface area contributed by atoms with Crippen LogP contribution in [-0.4, -0.2) is 11.0 Å². The maximum atomic E-state index is 10.8. The van der Waals surface area contributed by atoms with Gasteiger partial charge in [0.25, 0.3) is 0 Å². The van der Waals surface area contributed by atoms with E-state index in [0.717, 1.165) is 5.57 Å². The Balaban J connectivity index is 2.26. The van der Waals surface area contributed by atoms with Crippen molar-refractivity contribution in [2.45, 2.75) is 24.8 Å². The van der Waals surface area contributed by atoms with Gasteiger partial charge < -0.3 is 4.42 Å². The molecule has 1 aliphatic carbocycles. The van der Waals surface area contributed by atoms with E-state index in [2.05, 4.69) is 6.58 Å². The topological polar surface area (TPSA) is 56.3 Å². The largest absolute Gasteiger partial charge is 0.469 e. The smallest absolute Gasteiger partial charge is 0.226 e. The van der Waals surface area contributed by atoms with Crippen LogP contribution in [0, 0.1) is 10.1 Å². The minimum absolute atomic E-state index is 0.132. The summed E-state index contributed by atoms with van der Waals surface area (Å²) in [4.78, 5) is 10.5. The predicted octanol–water partition coefficient (Wildman–Crippen LogP) is 2.36. The van der Waals surface area contributed by atoms with E-state index in [1.807, 2.05) is 0 Å². The van der Waals surface area contributed by atoms with Gasteiger partial charge in [0.05, 0.1) is 12.2 Å². The standard InChI is InChI=1S/C10H11NO3/c1-7-5-8(9(6-7)11(12)13)10-3-2-4-14-10/h2-4,8-9H,1,5-6H2/t8-,9-/m0/s1. The molecule has 0 bridgehead atoms. The van der Waals surface area contributed by atoms with Crippen molar-refractivity contribution in [2.75, 3.05) is 0 Å². The van der Waals surface area contributed by atoms with E-state index in [-0.39, 0.29) is 10.8 Å². The van der Waals surface area contributed by atoms with Gasteiger partial charge >= 0.3 is 0 Å². The Hall–Kier alpha value is -1.58. The summed E-state index contributed by atoms with van der Waals surface area (Å²) in [5, 5.41) is 10.8. The van der Waals surface area contributed by atoms with Crippen LogP contribution in [0.5, 0.6) is 0 Å². The van der Waals surface area contributed by atoms with E-state index in [0.29, 0.717) is 18.6 Å². The number of nitrogens with zero attached hydrogens (tertiary/aromatic N) is 1. The Labute approximate surface area is 81.4 Å². The Morgan fingerprint density at radius 1 is 1.57 bits per heavy atom. The molecular formula is C10H11NO3. The highest BCUT2D eigenvalue weighted by atomic mass is 16.6. The quantitative estimate of drug-likeness (QED) is 0.411. The molecule has 0 saturated heterocycles. The van der Waals surface area contributed by atoms with Gasteiger partial charge in [0, 0.05) is 11.3 Å². The molecule has 74 valence electrons. The first-order valence-electron chi connectivity index (χ1n) is 4.52. The highest BCUT2D eigenvalue weighted by Crippen LogP contribution is 2.38. The third-order valence-corrected chi connectivity index (χ3v) is 2.65. The van der Waals surface area contributed by atoms with Crippen molar-refractivity contribution in [1.29, 1.82) is 0 Å². The summed E-state index contributed by atoms with van der Waals surface area (Å²) in [5.41, 5.74) is 0.938. The van der Waals surface area contributed by atoms with Gasteiger partial charge in [-0.15, -0.1) is 0 Å². The van der Waals surface area contributed by atoms with Gasteiger partial charge in [-0.2, -0.15) is 0 Å². The van der Waals surface area contributed by atoms with Gasteiger partial charge in [0.15, 0.2) is 0 Å². The Morgan fingerprint density at radius 3 is 2.93 bits per heavy atom. The number of rotatable bonds is 2. The van der Waals surface area contributed by atoms with Crippen LogP contribution in [0.15, 0.2) is 35.0 Å². The monoisotopic (exact) mass is 193 g/mol. The van der Waals surface area contributed by atoms with Gasteiger partial charge in [-0.05, 0) is 18.6 Å². The molecule has 14 heavy (non-hydrogen) atoms. The lowest BCUT2D eigenvalue weighted by Crippen LogP contribution is -2.21. The van der Waals surface area contributed by atoms with E-state index >= 15 is 0 Å². The molecule has 1 aromatic heterocycles. The molecule has 0 N–H and O–H groups in total. The fraction of sp³-hybridized carbons (Fsp3) is 0.400. The third-order valence-electron chi connectivity index (χ3n) is 2.65. The lowest BCUT2D eigenvalue weighted by Gasteiger charge is -2.08. The first-order valence-corrected chi connectivity index (χ1v) is 4.52. The minimum Gasteiger partial charge on any atom is -0.469 e. The second-order valence-corrected chi connectivity index (χ2v) is 3.63. The number of hydrogen-bond donors (Lipinski definition) is 0. The van der Waals surface area contributed by atoms with Crippen LogP contribution < -0.4 is 0 Å². The summed E-state index contributed by atoms with van der Waals surface area (Å²) in [6.07, 6.45) is 2.69. The van der Waals surface area contributed by atoms with E-state index in [4.69, 9.17) is 4.42 Å². The van der Waals surface area contributed by atoms with Crippen LogP contribution in [0.1, 0.15) is 24.5 Å².